The Kier molecular flexibility index (Phi) is 32.3. The van der Waals surface area contributed by atoms with E-state index in [-0.39, 0.29) is 79.5 Å². The number of nitrogens with zero attached hydrogens (tertiary/aromatic N) is 8. The number of likely N-dealkylation sites (N-methyl/N-ethyl adjacent to an activating group) is 7. The highest BCUT2D eigenvalue weighted by Gasteiger charge is 2.45. The van der Waals surface area contributed by atoms with Gasteiger partial charge in [-0.25, -0.2) is 0 Å². The first-order chi connectivity index (χ1) is 45.2. The lowest BCUT2D eigenvalue weighted by Crippen LogP contribution is -2.63. The van der Waals surface area contributed by atoms with Crippen molar-refractivity contribution in [2.75, 3.05) is 82.1 Å². The molecule has 2 unspecified atom stereocenters. The number of carbonyl (C=O) groups excluding carboxylic acids is 12. The van der Waals surface area contributed by atoms with Crippen LogP contribution >= 0.6 is 22.6 Å². The summed E-state index contributed by atoms with van der Waals surface area (Å²) in [6.45, 7) is 12.6. The van der Waals surface area contributed by atoms with E-state index >= 15 is 4.79 Å². The normalized spacial score (nSPS) is 28.7. The minimum Gasteiger partial charge on any atom is -0.343 e. The van der Waals surface area contributed by atoms with Crippen molar-refractivity contribution in [1.82, 2.24) is 60.5 Å². The Bertz CT molecular complexity index is 2810. The van der Waals surface area contributed by atoms with Crippen LogP contribution in [0.3, 0.4) is 0 Å². The summed E-state index contributed by atoms with van der Waals surface area (Å²) in [6, 6.07) is -9.29. The SMILES string of the molecule is C#CC[C@@H]1NC(=O)[C@H](CC2CCCC(I)C2)NC(=O)CN(C)C(=O)[C@H](CC2CCC(OC(F)(F)F)CC2)N(C)C(=O)CN(C)C(=O)CN(C)C(=O)[C@H]([C@@H](C)CC)NC(=O)[C@H](CC(C)C)N(C)C(=O)C[C@@H](C(=O)N2CCCCC2)N(C)C(=O)[C@H](CC(C)C)NC(=O)C(C)(C)N(C)C1=O. The van der Waals surface area contributed by atoms with Gasteiger partial charge in [-0.05, 0) is 127 Å². The van der Waals surface area contributed by atoms with Crippen molar-refractivity contribution in [1.29, 1.82) is 0 Å². The largest absolute Gasteiger partial charge is 0.522 e. The lowest BCUT2D eigenvalue weighted by molar-refractivity contribution is -0.345. The van der Waals surface area contributed by atoms with Gasteiger partial charge in [-0.1, -0.05) is 83.4 Å². The van der Waals surface area contributed by atoms with Crippen LogP contribution in [0.25, 0.3) is 0 Å². The van der Waals surface area contributed by atoms with Crippen molar-refractivity contribution < 1.29 is 75.4 Å². The molecule has 2 aliphatic carbocycles. The van der Waals surface area contributed by atoms with Crippen molar-refractivity contribution in [2.24, 2.45) is 29.6 Å². The zero-order valence-corrected chi connectivity index (χ0v) is 62.0. The lowest BCUT2D eigenvalue weighted by Gasteiger charge is -2.39. The number of halogens is 4. The molecule has 0 spiro atoms. The number of alkyl halides is 4. The summed E-state index contributed by atoms with van der Waals surface area (Å²) in [5, 5.41) is 11.2. The van der Waals surface area contributed by atoms with Gasteiger partial charge in [-0.2, -0.15) is 0 Å². The quantitative estimate of drug-likeness (QED) is 0.113. The minimum atomic E-state index is -4.87. The van der Waals surface area contributed by atoms with E-state index in [1.54, 1.807) is 18.7 Å². The van der Waals surface area contributed by atoms with Crippen molar-refractivity contribution in [2.45, 2.75) is 235 Å². The molecule has 0 radical (unpaired) electrons. The molecular weight excluding hydrogens is 1380 g/mol. The molecule has 29 heteroatoms. The summed E-state index contributed by atoms with van der Waals surface area (Å²) in [5.74, 6) is -7.70. The number of piperidine rings is 1. The van der Waals surface area contributed by atoms with Crippen LogP contribution in [0.1, 0.15) is 171 Å². The summed E-state index contributed by atoms with van der Waals surface area (Å²) < 4.78 is 44.4. The van der Waals surface area contributed by atoms with Gasteiger partial charge in [0.15, 0.2) is 0 Å². The third-order valence-electron chi connectivity index (χ3n) is 19.8. The maximum atomic E-state index is 15.1. The summed E-state index contributed by atoms with van der Waals surface area (Å²) >= 11 is 2.34. The Hall–Kier alpha value is -6.32. The number of rotatable bonds is 13. The third kappa shape index (κ3) is 24.5. The van der Waals surface area contributed by atoms with E-state index in [0.29, 0.717) is 38.8 Å². The number of amides is 12. The second-order valence-electron chi connectivity index (χ2n) is 28.7. The summed E-state index contributed by atoms with van der Waals surface area (Å²) in [7, 11) is 9.43. The summed E-state index contributed by atoms with van der Waals surface area (Å²) in [4.78, 5) is 185. The molecule has 548 valence electrons. The van der Waals surface area contributed by atoms with Crippen molar-refractivity contribution >= 4 is 93.5 Å². The lowest BCUT2D eigenvalue weighted by atomic mass is 9.82. The molecular formula is C68H110F3IN12O13. The fraction of sp³-hybridized carbons (Fsp3) is 0.794. The third-order valence-corrected chi connectivity index (χ3v) is 20.9. The molecule has 0 aromatic carbocycles. The topological polar surface area (TPSA) is 288 Å². The maximum Gasteiger partial charge on any atom is 0.522 e. The molecule has 2 aliphatic heterocycles. The van der Waals surface area contributed by atoms with Crippen LogP contribution in [0.4, 0.5) is 13.2 Å². The van der Waals surface area contributed by atoms with Crippen LogP contribution < -0.4 is 21.3 Å². The fourth-order valence-corrected chi connectivity index (χ4v) is 14.3. The number of likely N-dealkylation sites (tertiary alicyclic amines) is 1. The van der Waals surface area contributed by atoms with Crippen LogP contribution in [-0.2, 0) is 62.3 Å². The van der Waals surface area contributed by atoms with Crippen molar-refractivity contribution in [3.63, 3.8) is 0 Å². The maximum absolute atomic E-state index is 15.1. The molecule has 25 nitrogen and oxygen atoms in total. The van der Waals surface area contributed by atoms with E-state index in [1.807, 2.05) is 27.7 Å². The van der Waals surface area contributed by atoms with Gasteiger partial charge in [0, 0.05) is 72.8 Å². The van der Waals surface area contributed by atoms with Crippen LogP contribution in [0, 0.1) is 41.9 Å². The van der Waals surface area contributed by atoms with Crippen LogP contribution in [-0.4, -0.2) is 256 Å². The molecule has 4 N–H and O–H groups in total. The predicted molar refractivity (Wildman–Crippen MR) is 366 cm³/mol. The highest BCUT2D eigenvalue weighted by Crippen LogP contribution is 2.35. The molecule has 0 bridgehead atoms. The standard InChI is InChI=1S/C68H110F3IN12O13/c1-17-23-48-62(92)83(16)67(8,9)66(96)75-50(32-41(3)4)61(91)82(15)53(64(94)84-30-20-19-21-31-84)37-55(86)80(13)51(33-42(5)6)60(90)76-58(43(7)18-2)65(95)79(12)39-56(87)77(10)40-57(88)81(14)52(36-44-26-28-47(29-27-44)97-68(69,70)71)63(93)78(11)38-54(85)73-49(59(89)74-48)35-45-24-22-25-46(72)34-45/h1,41-53,58H,18-40H2,2-16H3,(H,73,85)(H,74,89)(H,75,96)(H,76,90)/t43-,44?,45?,46?,47?,48-,49-,50-,51-,52-,53-,58-/m0/s1. The van der Waals surface area contributed by atoms with Gasteiger partial charge in [0.2, 0.25) is 70.9 Å². The van der Waals surface area contributed by atoms with Gasteiger partial charge in [-0.3, -0.25) is 62.3 Å². The molecule has 0 aromatic heterocycles. The van der Waals surface area contributed by atoms with Crippen molar-refractivity contribution in [3.8, 4) is 12.3 Å². The van der Waals surface area contributed by atoms with Gasteiger partial charge in [0.25, 0.3) is 0 Å². The van der Waals surface area contributed by atoms with Gasteiger partial charge in [0.05, 0.1) is 32.2 Å². The zero-order chi connectivity index (χ0) is 73.1. The molecule has 4 rings (SSSR count). The second kappa shape index (κ2) is 37.8. The zero-order valence-electron chi connectivity index (χ0n) is 59.8. The molecule has 0 aromatic rings. The smallest absolute Gasteiger partial charge is 0.343 e. The molecule has 2 heterocycles. The Balaban J connectivity index is 1.86. The van der Waals surface area contributed by atoms with Gasteiger partial charge >= 0.3 is 6.36 Å². The van der Waals surface area contributed by atoms with Crippen LogP contribution in [0.15, 0.2) is 0 Å². The Morgan fingerprint density at radius 3 is 1.77 bits per heavy atom. The molecule has 2 saturated heterocycles. The number of ether oxygens (including phenoxy) is 1. The number of hydrogen-bond donors (Lipinski definition) is 4. The average molecular weight is 1490 g/mol. The van der Waals surface area contributed by atoms with Gasteiger partial charge < -0.3 is 60.5 Å². The van der Waals surface area contributed by atoms with E-state index in [9.17, 15) is 65.9 Å². The van der Waals surface area contributed by atoms with E-state index in [0.717, 1.165) is 55.1 Å². The number of hydrogen-bond acceptors (Lipinski definition) is 13. The minimum absolute atomic E-state index is 0.00283. The highest BCUT2D eigenvalue weighted by molar-refractivity contribution is 14.1. The monoisotopic (exact) mass is 1490 g/mol. The van der Waals surface area contributed by atoms with E-state index in [1.165, 1.54) is 68.1 Å². The van der Waals surface area contributed by atoms with Gasteiger partial charge in [-0.15, -0.1) is 25.5 Å². The number of nitrogens with one attached hydrogen (secondary N) is 4. The van der Waals surface area contributed by atoms with Crippen LogP contribution in [0.2, 0.25) is 0 Å². The predicted octanol–water partition coefficient (Wildman–Crippen LogP) is 4.47. The molecule has 12 amide bonds. The van der Waals surface area contributed by atoms with Crippen LogP contribution in [0.5, 0.6) is 0 Å². The first kappa shape index (κ1) is 83.1. The summed E-state index contributed by atoms with van der Waals surface area (Å²) in [5.41, 5.74) is -1.77. The highest BCUT2D eigenvalue weighted by atomic mass is 127. The number of terminal acetylenes is 1. The van der Waals surface area contributed by atoms with E-state index < -0.39 is 169 Å². The van der Waals surface area contributed by atoms with E-state index in [2.05, 4.69) is 54.5 Å². The fourth-order valence-electron chi connectivity index (χ4n) is 13.1. The first-order valence-corrected chi connectivity index (χ1v) is 35.6. The van der Waals surface area contributed by atoms with Crippen molar-refractivity contribution in [3.05, 3.63) is 0 Å². The molecule has 97 heavy (non-hydrogen) atoms. The van der Waals surface area contributed by atoms with E-state index in [4.69, 9.17) is 6.42 Å². The Labute approximate surface area is 585 Å². The molecule has 4 aliphatic rings. The van der Waals surface area contributed by atoms with Gasteiger partial charge in [0.1, 0.15) is 47.8 Å². The Morgan fingerprint density at radius 1 is 0.619 bits per heavy atom. The first-order valence-electron chi connectivity index (χ1n) is 34.3. The average Bonchev–Trinajstić information content (AvgIpc) is 0.817. The second-order valence-corrected chi connectivity index (χ2v) is 30.5. The molecule has 2 saturated carbocycles. The summed E-state index contributed by atoms with van der Waals surface area (Å²) in [6.07, 6.45) is 5.29. The Morgan fingerprint density at radius 2 is 1.21 bits per heavy atom. The molecule has 10 atom stereocenters. The number of carbonyl (C=O) groups is 12. The molecule has 4 fully saturated rings.